The molecule has 3 aromatic carbocycles. The molecular formula is C22H20Cl2N2O4S. The van der Waals surface area contributed by atoms with E-state index in [1.54, 1.807) is 18.2 Å². The highest BCUT2D eigenvalue weighted by atomic mass is 35.5. The van der Waals surface area contributed by atoms with Crippen LogP contribution in [0, 0.1) is 13.8 Å². The number of amides is 1. The molecule has 1 amide bonds. The van der Waals surface area contributed by atoms with E-state index >= 15 is 0 Å². The Morgan fingerprint density at radius 2 is 1.65 bits per heavy atom. The maximum absolute atomic E-state index is 12.7. The minimum Gasteiger partial charge on any atom is -0.484 e. The van der Waals surface area contributed by atoms with Gasteiger partial charge in [-0.3, -0.25) is 9.52 Å². The highest BCUT2D eigenvalue weighted by molar-refractivity contribution is 7.92. The fourth-order valence-corrected chi connectivity index (χ4v) is 4.10. The quantitative estimate of drug-likeness (QED) is 0.474. The third kappa shape index (κ3) is 6.13. The number of carbonyl (C=O) groups is 1. The lowest BCUT2D eigenvalue weighted by molar-refractivity contribution is -0.118. The van der Waals surface area contributed by atoms with Gasteiger partial charge in [0.2, 0.25) is 0 Å². The minimum absolute atomic E-state index is 0.0843. The Morgan fingerprint density at radius 1 is 0.935 bits per heavy atom. The molecule has 0 aliphatic carbocycles. The van der Waals surface area contributed by atoms with Crippen LogP contribution in [0.2, 0.25) is 10.0 Å². The first-order valence-electron chi connectivity index (χ1n) is 9.22. The SMILES string of the molecule is Cc1ccc(C)c(NS(=O)(=O)c2ccc(OCC(=O)Nc3ccc(Cl)c(Cl)c3)cc2)c1. The van der Waals surface area contributed by atoms with Gasteiger partial charge < -0.3 is 10.1 Å². The van der Waals surface area contributed by atoms with Gasteiger partial charge >= 0.3 is 0 Å². The third-order valence-electron chi connectivity index (χ3n) is 4.34. The van der Waals surface area contributed by atoms with Crippen LogP contribution in [-0.2, 0) is 14.8 Å². The van der Waals surface area contributed by atoms with Gasteiger partial charge in [0.25, 0.3) is 15.9 Å². The fourth-order valence-electron chi connectivity index (χ4n) is 2.68. The Labute approximate surface area is 191 Å². The molecule has 0 unspecified atom stereocenters. The number of aryl methyl sites for hydroxylation is 2. The highest BCUT2D eigenvalue weighted by Crippen LogP contribution is 2.25. The molecule has 31 heavy (non-hydrogen) atoms. The van der Waals surface area contributed by atoms with Gasteiger partial charge in [0, 0.05) is 5.69 Å². The van der Waals surface area contributed by atoms with Crippen molar-refractivity contribution in [1.82, 2.24) is 0 Å². The molecule has 0 aliphatic rings. The molecule has 0 aromatic heterocycles. The zero-order chi connectivity index (χ0) is 22.6. The highest BCUT2D eigenvalue weighted by Gasteiger charge is 2.16. The van der Waals surface area contributed by atoms with Gasteiger partial charge in [-0.25, -0.2) is 8.42 Å². The second-order valence-electron chi connectivity index (χ2n) is 6.86. The number of nitrogens with one attached hydrogen (secondary N) is 2. The average molecular weight is 479 g/mol. The van der Waals surface area contributed by atoms with Crippen LogP contribution in [-0.4, -0.2) is 20.9 Å². The van der Waals surface area contributed by atoms with Crippen molar-refractivity contribution in [2.24, 2.45) is 0 Å². The molecule has 0 saturated heterocycles. The first-order chi connectivity index (χ1) is 14.6. The monoisotopic (exact) mass is 478 g/mol. The maximum Gasteiger partial charge on any atom is 0.262 e. The molecule has 0 bridgehead atoms. The number of halogens is 2. The molecule has 0 spiro atoms. The smallest absolute Gasteiger partial charge is 0.262 e. The van der Waals surface area contributed by atoms with E-state index < -0.39 is 15.9 Å². The van der Waals surface area contributed by atoms with Gasteiger partial charge in [-0.1, -0.05) is 35.3 Å². The van der Waals surface area contributed by atoms with Crippen LogP contribution >= 0.6 is 23.2 Å². The first-order valence-corrected chi connectivity index (χ1v) is 11.5. The van der Waals surface area contributed by atoms with Gasteiger partial charge in [0.15, 0.2) is 6.61 Å². The topological polar surface area (TPSA) is 84.5 Å². The zero-order valence-electron chi connectivity index (χ0n) is 16.8. The molecule has 3 rings (SSSR count). The van der Waals surface area contributed by atoms with Crippen LogP contribution in [0.5, 0.6) is 5.75 Å². The molecule has 0 aliphatic heterocycles. The summed E-state index contributed by atoms with van der Waals surface area (Å²) in [5.74, 6) is -0.0401. The number of carbonyl (C=O) groups excluding carboxylic acids is 1. The van der Waals surface area contributed by atoms with E-state index in [9.17, 15) is 13.2 Å². The lowest BCUT2D eigenvalue weighted by Gasteiger charge is -2.12. The van der Waals surface area contributed by atoms with Crippen molar-refractivity contribution in [3.8, 4) is 5.75 Å². The van der Waals surface area contributed by atoms with Crippen LogP contribution in [0.1, 0.15) is 11.1 Å². The summed E-state index contributed by atoms with van der Waals surface area (Å²) in [5.41, 5.74) is 2.79. The second kappa shape index (κ2) is 9.60. The lowest BCUT2D eigenvalue weighted by atomic mass is 10.1. The van der Waals surface area contributed by atoms with E-state index in [1.807, 2.05) is 26.0 Å². The first kappa shape index (κ1) is 22.9. The summed E-state index contributed by atoms with van der Waals surface area (Å²) < 4.78 is 33.3. The largest absolute Gasteiger partial charge is 0.484 e. The van der Waals surface area contributed by atoms with E-state index in [2.05, 4.69) is 10.0 Å². The van der Waals surface area contributed by atoms with Crippen LogP contribution in [0.4, 0.5) is 11.4 Å². The average Bonchev–Trinajstić information content (AvgIpc) is 2.72. The number of sulfonamides is 1. The van der Waals surface area contributed by atoms with Crippen LogP contribution in [0.25, 0.3) is 0 Å². The zero-order valence-corrected chi connectivity index (χ0v) is 19.1. The maximum atomic E-state index is 12.7. The summed E-state index contributed by atoms with van der Waals surface area (Å²) in [6, 6.07) is 16.1. The summed E-state index contributed by atoms with van der Waals surface area (Å²) in [6.45, 7) is 3.46. The summed E-state index contributed by atoms with van der Waals surface area (Å²) in [4.78, 5) is 12.1. The molecule has 162 valence electrons. The number of hydrogen-bond acceptors (Lipinski definition) is 4. The predicted molar refractivity (Wildman–Crippen MR) is 124 cm³/mol. The van der Waals surface area contributed by atoms with Gasteiger partial charge in [-0.05, 0) is 73.5 Å². The lowest BCUT2D eigenvalue weighted by Crippen LogP contribution is -2.20. The molecule has 0 heterocycles. The minimum atomic E-state index is -3.76. The Bertz CT molecular complexity index is 1210. The van der Waals surface area contributed by atoms with Crippen molar-refractivity contribution in [2.75, 3.05) is 16.6 Å². The Hall–Kier alpha value is -2.74. The molecule has 0 radical (unpaired) electrons. The molecule has 2 N–H and O–H groups in total. The molecule has 3 aromatic rings. The van der Waals surface area contributed by atoms with E-state index in [4.69, 9.17) is 27.9 Å². The van der Waals surface area contributed by atoms with Crippen LogP contribution in [0.3, 0.4) is 0 Å². The van der Waals surface area contributed by atoms with Crippen LogP contribution < -0.4 is 14.8 Å². The number of anilines is 2. The Morgan fingerprint density at radius 3 is 2.32 bits per heavy atom. The van der Waals surface area contributed by atoms with Crippen molar-refractivity contribution in [3.05, 3.63) is 81.8 Å². The van der Waals surface area contributed by atoms with E-state index in [1.165, 1.54) is 30.3 Å². The van der Waals surface area contributed by atoms with Crippen LogP contribution in [0.15, 0.2) is 65.6 Å². The number of ether oxygens (including phenoxy) is 1. The third-order valence-corrected chi connectivity index (χ3v) is 6.47. The molecular weight excluding hydrogens is 459 g/mol. The molecule has 0 fully saturated rings. The number of hydrogen-bond donors (Lipinski definition) is 2. The standard InChI is InChI=1S/C22H20Cl2N2O4S/c1-14-3-4-15(2)21(11-14)26-31(28,29)18-8-6-17(7-9-18)30-13-22(27)25-16-5-10-19(23)20(24)12-16/h3-12,26H,13H2,1-2H3,(H,25,27). The van der Waals surface area contributed by atoms with Crippen molar-refractivity contribution >= 4 is 50.5 Å². The Kier molecular flexibility index (Phi) is 7.10. The summed E-state index contributed by atoms with van der Waals surface area (Å²) in [7, 11) is -3.76. The second-order valence-corrected chi connectivity index (χ2v) is 9.36. The summed E-state index contributed by atoms with van der Waals surface area (Å²) in [6.07, 6.45) is 0. The summed E-state index contributed by atoms with van der Waals surface area (Å²) in [5, 5.41) is 3.35. The van der Waals surface area contributed by atoms with Crippen molar-refractivity contribution in [2.45, 2.75) is 18.7 Å². The molecule has 0 saturated carbocycles. The Balaban J connectivity index is 1.61. The molecule has 9 heteroatoms. The van der Waals surface area contributed by atoms with Gasteiger partial charge in [0.05, 0.1) is 20.6 Å². The normalized spacial score (nSPS) is 11.1. The van der Waals surface area contributed by atoms with Gasteiger partial charge in [0.1, 0.15) is 5.75 Å². The van der Waals surface area contributed by atoms with Crippen molar-refractivity contribution in [3.63, 3.8) is 0 Å². The fraction of sp³-hybridized carbons (Fsp3) is 0.136. The van der Waals surface area contributed by atoms with Crippen molar-refractivity contribution in [1.29, 1.82) is 0 Å². The predicted octanol–water partition coefficient (Wildman–Crippen LogP) is 5.43. The number of rotatable bonds is 7. The van der Waals surface area contributed by atoms with Crippen molar-refractivity contribution < 1.29 is 17.9 Å². The van der Waals surface area contributed by atoms with E-state index in [-0.39, 0.29) is 11.5 Å². The number of benzene rings is 3. The molecule has 6 nitrogen and oxygen atoms in total. The van der Waals surface area contributed by atoms with E-state index in [0.717, 1.165) is 11.1 Å². The molecule has 0 atom stereocenters. The van der Waals surface area contributed by atoms with Gasteiger partial charge in [-0.15, -0.1) is 0 Å². The van der Waals surface area contributed by atoms with Gasteiger partial charge in [-0.2, -0.15) is 0 Å². The summed E-state index contributed by atoms with van der Waals surface area (Å²) >= 11 is 11.8. The van der Waals surface area contributed by atoms with E-state index in [0.29, 0.717) is 27.2 Å².